The van der Waals surface area contributed by atoms with Gasteiger partial charge in [-0.05, 0) is 63.7 Å². The summed E-state index contributed by atoms with van der Waals surface area (Å²) in [5.41, 5.74) is 0.248. The van der Waals surface area contributed by atoms with Crippen LogP contribution in [0.4, 0.5) is 4.39 Å². The molecule has 3 nitrogen and oxygen atoms in total. The topological polar surface area (TPSA) is 38.7 Å². The molecule has 2 fully saturated rings. The Balaban J connectivity index is 1.72. The van der Waals surface area contributed by atoms with Crippen LogP contribution < -0.4 is 0 Å². The van der Waals surface area contributed by atoms with E-state index in [4.69, 9.17) is 9.31 Å². The summed E-state index contributed by atoms with van der Waals surface area (Å²) in [5.74, 6) is 0.451. The number of para-hydroxylation sites is 1. The SMILES string of the molecule is CC1(C)OB(C(F)=C2CC(c3ccccc3O)C2)OC1(C)C. The molecular weight excluding hydrogens is 282 g/mol. The van der Waals surface area contributed by atoms with E-state index in [0.717, 1.165) is 11.1 Å². The van der Waals surface area contributed by atoms with E-state index in [1.807, 2.05) is 39.8 Å². The number of aromatic hydroxyl groups is 1. The lowest BCUT2D eigenvalue weighted by atomic mass is 9.70. The van der Waals surface area contributed by atoms with Gasteiger partial charge in [0.05, 0.1) is 11.2 Å². The Morgan fingerprint density at radius 3 is 2.23 bits per heavy atom. The Kier molecular flexibility index (Phi) is 3.61. The number of phenolic OH excluding ortho intramolecular Hbond substituents is 1. The fourth-order valence-corrected chi connectivity index (χ4v) is 2.90. The maximum atomic E-state index is 14.6. The third-order valence-corrected chi connectivity index (χ3v) is 5.16. The summed E-state index contributed by atoms with van der Waals surface area (Å²) in [6, 6.07) is 7.24. The normalized spacial score (nSPS) is 26.0. The van der Waals surface area contributed by atoms with Gasteiger partial charge in [0.2, 0.25) is 0 Å². The van der Waals surface area contributed by atoms with Gasteiger partial charge in [-0.15, -0.1) is 0 Å². The molecular formula is C17H22BFO3. The van der Waals surface area contributed by atoms with Gasteiger partial charge in [-0.1, -0.05) is 18.2 Å². The predicted molar refractivity (Wildman–Crippen MR) is 84.3 cm³/mol. The number of allylic oxidation sites excluding steroid dienone is 1. The van der Waals surface area contributed by atoms with Crippen molar-refractivity contribution in [2.45, 2.75) is 57.7 Å². The Morgan fingerprint density at radius 2 is 1.68 bits per heavy atom. The van der Waals surface area contributed by atoms with Crippen molar-refractivity contribution < 1.29 is 18.8 Å². The molecule has 1 aromatic rings. The summed E-state index contributed by atoms with van der Waals surface area (Å²) >= 11 is 0. The van der Waals surface area contributed by atoms with Gasteiger partial charge in [0, 0.05) is 0 Å². The average Bonchev–Trinajstić information content (AvgIpc) is 2.59. The van der Waals surface area contributed by atoms with Crippen LogP contribution in [0.1, 0.15) is 52.0 Å². The summed E-state index contributed by atoms with van der Waals surface area (Å²) in [7, 11) is -0.912. The second kappa shape index (κ2) is 5.10. The first-order valence-corrected chi connectivity index (χ1v) is 7.72. The lowest BCUT2D eigenvalue weighted by molar-refractivity contribution is 0.00578. The Labute approximate surface area is 131 Å². The minimum absolute atomic E-state index is 0.171. The zero-order valence-electron chi connectivity index (χ0n) is 13.5. The second-order valence-corrected chi connectivity index (χ2v) is 7.20. The molecule has 0 unspecified atom stereocenters. The zero-order valence-corrected chi connectivity index (χ0v) is 13.5. The molecule has 1 aromatic carbocycles. The van der Waals surface area contributed by atoms with Crippen molar-refractivity contribution in [2.75, 3.05) is 0 Å². The van der Waals surface area contributed by atoms with Crippen molar-refractivity contribution in [3.05, 3.63) is 41.1 Å². The number of rotatable bonds is 2. The lowest BCUT2D eigenvalue weighted by Crippen LogP contribution is -2.41. The highest BCUT2D eigenvalue weighted by molar-refractivity contribution is 6.53. The molecule has 118 valence electrons. The lowest BCUT2D eigenvalue weighted by Gasteiger charge is -2.32. The molecule has 0 aromatic heterocycles. The quantitative estimate of drug-likeness (QED) is 0.835. The highest BCUT2D eigenvalue weighted by Gasteiger charge is 2.54. The van der Waals surface area contributed by atoms with Crippen LogP contribution in [-0.4, -0.2) is 23.4 Å². The number of phenols is 1. The molecule has 22 heavy (non-hydrogen) atoms. The first kappa shape index (κ1) is 15.6. The van der Waals surface area contributed by atoms with Gasteiger partial charge in [0.25, 0.3) is 0 Å². The van der Waals surface area contributed by atoms with Crippen LogP contribution in [0.5, 0.6) is 5.75 Å². The number of halogens is 1. The van der Waals surface area contributed by atoms with Crippen molar-refractivity contribution >= 4 is 7.12 Å². The Morgan fingerprint density at radius 1 is 1.14 bits per heavy atom. The van der Waals surface area contributed by atoms with Crippen LogP contribution in [0.2, 0.25) is 0 Å². The van der Waals surface area contributed by atoms with Crippen molar-refractivity contribution in [3.8, 4) is 5.75 Å². The Bertz CT molecular complexity index is 600. The van der Waals surface area contributed by atoms with E-state index in [9.17, 15) is 9.50 Å². The van der Waals surface area contributed by atoms with Crippen molar-refractivity contribution in [3.63, 3.8) is 0 Å². The number of benzene rings is 1. The number of hydrogen-bond acceptors (Lipinski definition) is 3. The van der Waals surface area contributed by atoms with Gasteiger partial charge in [-0.3, -0.25) is 0 Å². The van der Waals surface area contributed by atoms with E-state index in [-0.39, 0.29) is 17.4 Å². The second-order valence-electron chi connectivity index (χ2n) is 7.20. The standard InChI is InChI=1S/C17H22BFO3/c1-16(2)17(3,4)22-18(21-16)15(19)12-9-11(10-12)13-7-5-6-8-14(13)20/h5-8,11,20H,9-10H2,1-4H3. The van der Waals surface area contributed by atoms with Gasteiger partial charge in [0.1, 0.15) is 11.5 Å². The van der Waals surface area contributed by atoms with Crippen LogP contribution in [0, 0.1) is 0 Å². The van der Waals surface area contributed by atoms with E-state index in [1.54, 1.807) is 12.1 Å². The highest BCUT2D eigenvalue weighted by Crippen LogP contribution is 2.48. The van der Waals surface area contributed by atoms with Crippen LogP contribution in [0.3, 0.4) is 0 Å². The van der Waals surface area contributed by atoms with E-state index in [0.29, 0.717) is 12.8 Å². The summed E-state index contributed by atoms with van der Waals surface area (Å²) in [5, 5.41) is 9.86. The van der Waals surface area contributed by atoms with Gasteiger partial charge >= 0.3 is 7.12 Å². The first-order valence-electron chi connectivity index (χ1n) is 7.72. The van der Waals surface area contributed by atoms with Crippen LogP contribution >= 0.6 is 0 Å². The molecule has 1 saturated carbocycles. The first-order chi connectivity index (χ1) is 10.2. The van der Waals surface area contributed by atoms with E-state index >= 15 is 0 Å². The van der Waals surface area contributed by atoms with Crippen LogP contribution in [0.25, 0.3) is 0 Å². The smallest absolute Gasteiger partial charge is 0.508 e. The molecule has 1 N–H and O–H groups in total. The van der Waals surface area contributed by atoms with Gasteiger partial charge < -0.3 is 14.4 Å². The van der Waals surface area contributed by atoms with E-state index in [2.05, 4.69) is 0 Å². The molecule has 2 aliphatic rings. The zero-order chi connectivity index (χ0) is 16.1. The van der Waals surface area contributed by atoms with Crippen molar-refractivity contribution in [1.29, 1.82) is 0 Å². The Hall–Kier alpha value is -1.33. The third-order valence-electron chi connectivity index (χ3n) is 5.16. The molecule has 0 amide bonds. The maximum Gasteiger partial charge on any atom is 0.525 e. The maximum absolute atomic E-state index is 14.6. The van der Waals surface area contributed by atoms with Crippen LogP contribution in [-0.2, 0) is 9.31 Å². The van der Waals surface area contributed by atoms with E-state index < -0.39 is 18.3 Å². The molecule has 1 heterocycles. The molecule has 1 saturated heterocycles. The third kappa shape index (κ3) is 2.46. The van der Waals surface area contributed by atoms with Crippen molar-refractivity contribution in [2.24, 2.45) is 0 Å². The van der Waals surface area contributed by atoms with E-state index in [1.165, 1.54) is 0 Å². The minimum atomic E-state index is -0.912. The monoisotopic (exact) mass is 304 g/mol. The number of hydrogen-bond donors (Lipinski definition) is 1. The predicted octanol–water partition coefficient (Wildman–Crippen LogP) is 4.12. The molecule has 1 aliphatic carbocycles. The fraction of sp³-hybridized carbons (Fsp3) is 0.529. The summed E-state index contributed by atoms with van der Waals surface area (Å²) in [4.78, 5) is 0. The molecule has 3 rings (SSSR count). The van der Waals surface area contributed by atoms with Gasteiger partial charge in [-0.25, -0.2) is 4.39 Å². The molecule has 1 aliphatic heterocycles. The average molecular weight is 304 g/mol. The molecule has 0 radical (unpaired) electrons. The summed E-state index contributed by atoms with van der Waals surface area (Å²) < 4.78 is 26.1. The fourth-order valence-electron chi connectivity index (χ4n) is 2.90. The molecule has 0 atom stereocenters. The molecule has 0 spiro atoms. The van der Waals surface area contributed by atoms with Crippen molar-refractivity contribution in [1.82, 2.24) is 0 Å². The largest absolute Gasteiger partial charge is 0.525 e. The van der Waals surface area contributed by atoms with Crippen LogP contribution in [0.15, 0.2) is 35.6 Å². The van der Waals surface area contributed by atoms with Gasteiger partial charge in [-0.2, -0.15) is 0 Å². The summed E-state index contributed by atoms with van der Waals surface area (Å²) in [6.07, 6.45) is 1.21. The summed E-state index contributed by atoms with van der Waals surface area (Å²) in [6.45, 7) is 7.65. The minimum Gasteiger partial charge on any atom is -0.508 e. The molecule has 5 heteroatoms. The highest BCUT2D eigenvalue weighted by atomic mass is 19.1. The van der Waals surface area contributed by atoms with Gasteiger partial charge in [0.15, 0.2) is 0 Å². The molecule has 0 bridgehead atoms.